The fourth-order valence-electron chi connectivity index (χ4n) is 3.79. The first kappa shape index (κ1) is 24.3. The molecule has 1 N–H and O–H groups in total. The van der Waals surface area contributed by atoms with Crippen LogP contribution >= 0.6 is 11.8 Å². The van der Waals surface area contributed by atoms with Crippen molar-refractivity contribution in [3.8, 4) is 0 Å². The highest BCUT2D eigenvalue weighted by Crippen LogP contribution is 2.61. The lowest BCUT2D eigenvalue weighted by Gasteiger charge is -2.48. The molecule has 3 rings (SSSR count). The maximum absolute atomic E-state index is 14.0. The zero-order valence-corrected chi connectivity index (χ0v) is 18.0. The number of nitrogens with one attached hydrogen (secondary N) is 1. The number of anilines is 1. The van der Waals surface area contributed by atoms with Crippen LogP contribution in [0.2, 0.25) is 0 Å². The normalized spacial score (nSPS) is 17.7. The molecular formula is C19H19F7N4OS. The number of amides is 1. The van der Waals surface area contributed by atoms with Gasteiger partial charge >= 0.3 is 6.18 Å². The van der Waals surface area contributed by atoms with Crippen LogP contribution in [0, 0.1) is 12.3 Å². The molecule has 0 unspecified atom stereocenters. The standard InChI is InChI=1S/C19H19F7N4OS/c1-10-13(15(31)28-11-4-5-27-12(6-11)32-3)30(29-14(10)16(2,20)21)9-17(19(24,25)26)7-18(22,23)8-17/h4-6H,7-9H2,1-3H3,(H,27,28,31). The van der Waals surface area contributed by atoms with Crippen molar-refractivity contribution in [2.75, 3.05) is 11.6 Å². The number of rotatable bonds is 6. The number of nitrogens with zero attached hydrogens (tertiary/aromatic N) is 3. The summed E-state index contributed by atoms with van der Waals surface area (Å²) in [7, 11) is 0. The van der Waals surface area contributed by atoms with Crippen LogP contribution in [0.15, 0.2) is 23.4 Å². The van der Waals surface area contributed by atoms with E-state index in [4.69, 9.17) is 0 Å². The monoisotopic (exact) mass is 484 g/mol. The van der Waals surface area contributed by atoms with E-state index in [1.807, 2.05) is 0 Å². The van der Waals surface area contributed by atoms with Crippen molar-refractivity contribution < 1.29 is 35.5 Å². The van der Waals surface area contributed by atoms with Crippen molar-refractivity contribution in [2.24, 2.45) is 5.41 Å². The Morgan fingerprint density at radius 1 is 1.25 bits per heavy atom. The SMILES string of the molecule is CSc1cc(NC(=O)c2c(C)c(C(C)(F)F)nn2CC2(C(F)(F)F)CC(F)(F)C2)ccn1. The van der Waals surface area contributed by atoms with Crippen molar-refractivity contribution in [3.63, 3.8) is 0 Å². The van der Waals surface area contributed by atoms with Crippen molar-refractivity contribution in [1.29, 1.82) is 0 Å². The Labute approximate surface area is 182 Å². The molecule has 0 bridgehead atoms. The molecule has 1 saturated carbocycles. The first-order chi connectivity index (χ1) is 14.6. The van der Waals surface area contributed by atoms with Crippen LogP contribution in [0.25, 0.3) is 0 Å². The molecule has 1 fully saturated rings. The molecule has 0 saturated heterocycles. The van der Waals surface area contributed by atoms with Crippen LogP contribution in [-0.2, 0) is 12.5 Å². The number of thioether (sulfide) groups is 1. The summed E-state index contributed by atoms with van der Waals surface area (Å²) >= 11 is 1.27. The van der Waals surface area contributed by atoms with E-state index in [0.717, 1.165) is 6.92 Å². The van der Waals surface area contributed by atoms with E-state index in [1.54, 1.807) is 6.26 Å². The van der Waals surface area contributed by atoms with E-state index >= 15 is 0 Å². The quantitative estimate of drug-likeness (QED) is 0.425. The maximum Gasteiger partial charge on any atom is 0.396 e. The number of aromatic nitrogens is 3. The molecule has 1 amide bonds. The number of hydrogen-bond donors (Lipinski definition) is 1. The Balaban J connectivity index is 2.03. The largest absolute Gasteiger partial charge is 0.396 e. The summed E-state index contributed by atoms with van der Waals surface area (Å²) < 4.78 is 96.3. The van der Waals surface area contributed by atoms with Crippen LogP contribution in [0.1, 0.15) is 41.5 Å². The summed E-state index contributed by atoms with van der Waals surface area (Å²) in [6.07, 6.45) is -4.96. The molecule has 0 atom stereocenters. The summed E-state index contributed by atoms with van der Waals surface area (Å²) in [6.45, 7) is 0.428. The Kier molecular flexibility index (Phi) is 6.03. The van der Waals surface area contributed by atoms with Crippen molar-refractivity contribution in [3.05, 3.63) is 35.3 Å². The molecule has 32 heavy (non-hydrogen) atoms. The van der Waals surface area contributed by atoms with Gasteiger partial charge in [0, 0.05) is 37.2 Å². The lowest BCUT2D eigenvalue weighted by molar-refractivity contribution is -0.314. The molecule has 13 heteroatoms. The number of carbonyl (C=O) groups excluding carboxylic acids is 1. The van der Waals surface area contributed by atoms with Gasteiger partial charge in [-0.3, -0.25) is 9.48 Å². The third-order valence-corrected chi connectivity index (χ3v) is 5.91. The zero-order valence-electron chi connectivity index (χ0n) is 17.2. The number of hydrogen-bond acceptors (Lipinski definition) is 4. The van der Waals surface area contributed by atoms with Crippen molar-refractivity contribution >= 4 is 23.4 Å². The molecule has 0 aliphatic heterocycles. The molecule has 2 aromatic rings. The van der Waals surface area contributed by atoms with E-state index < -0.39 is 60.1 Å². The maximum atomic E-state index is 14.0. The van der Waals surface area contributed by atoms with Crippen molar-refractivity contribution in [1.82, 2.24) is 14.8 Å². The summed E-state index contributed by atoms with van der Waals surface area (Å²) in [5, 5.41) is 6.51. The Hall–Kier alpha value is -2.31. The Bertz CT molecular complexity index is 1020. The van der Waals surface area contributed by atoms with E-state index in [0.29, 0.717) is 16.6 Å². The van der Waals surface area contributed by atoms with Gasteiger partial charge in [0.25, 0.3) is 11.8 Å². The molecule has 0 radical (unpaired) electrons. The fraction of sp³-hybridized carbons (Fsp3) is 0.526. The van der Waals surface area contributed by atoms with Crippen LogP contribution in [0.5, 0.6) is 0 Å². The lowest BCUT2D eigenvalue weighted by Crippen LogP contribution is -2.57. The first-order valence-corrected chi connectivity index (χ1v) is 10.5. The molecule has 2 heterocycles. The van der Waals surface area contributed by atoms with Crippen LogP contribution in [-0.4, -0.2) is 39.0 Å². The number of alkyl halides is 7. The van der Waals surface area contributed by atoms with Gasteiger partial charge in [0.15, 0.2) is 0 Å². The zero-order chi connectivity index (χ0) is 24.1. The fourth-order valence-corrected chi connectivity index (χ4v) is 4.20. The van der Waals surface area contributed by atoms with E-state index in [9.17, 15) is 35.5 Å². The Morgan fingerprint density at radius 3 is 2.38 bits per heavy atom. The molecular weight excluding hydrogens is 465 g/mol. The van der Waals surface area contributed by atoms with Crippen LogP contribution in [0.3, 0.4) is 0 Å². The molecule has 2 aromatic heterocycles. The topological polar surface area (TPSA) is 59.8 Å². The highest BCUT2D eigenvalue weighted by atomic mass is 32.2. The smallest absolute Gasteiger partial charge is 0.321 e. The van der Waals surface area contributed by atoms with Gasteiger partial charge in [-0.1, -0.05) is 0 Å². The van der Waals surface area contributed by atoms with Crippen LogP contribution < -0.4 is 5.32 Å². The van der Waals surface area contributed by atoms with Crippen LogP contribution in [0.4, 0.5) is 36.4 Å². The lowest BCUT2D eigenvalue weighted by atomic mass is 9.65. The van der Waals surface area contributed by atoms with Gasteiger partial charge in [-0.2, -0.15) is 27.1 Å². The molecule has 5 nitrogen and oxygen atoms in total. The van der Waals surface area contributed by atoms with Gasteiger partial charge in [-0.05, 0) is 25.3 Å². The summed E-state index contributed by atoms with van der Waals surface area (Å²) in [6, 6.07) is 2.89. The van der Waals surface area contributed by atoms with E-state index in [-0.39, 0.29) is 11.3 Å². The number of carbonyl (C=O) groups is 1. The average Bonchev–Trinajstić information content (AvgIpc) is 2.95. The van der Waals surface area contributed by atoms with Gasteiger partial charge in [-0.25, -0.2) is 13.8 Å². The molecule has 0 spiro atoms. The Morgan fingerprint density at radius 2 is 1.88 bits per heavy atom. The van der Waals surface area contributed by atoms with Gasteiger partial charge < -0.3 is 5.32 Å². The second kappa shape index (κ2) is 7.92. The second-order valence-electron chi connectivity index (χ2n) is 7.90. The highest BCUT2D eigenvalue weighted by molar-refractivity contribution is 7.98. The van der Waals surface area contributed by atoms with Gasteiger partial charge in [0.05, 0.1) is 17.0 Å². The van der Waals surface area contributed by atoms with E-state index in [2.05, 4.69) is 15.4 Å². The number of pyridine rings is 1. The van der Waals surface area contributed by atoms with E-state index in [1.165, 1.54) is 30.1 Å². The first-order valence-electron chi connectivity index (χ1n) is 9.30. The second-order valence-corrected chi connectivity index (χ2v) is 8.72. The summed E-state index contributed by atoms with van der Waals surface area (Å²) in [5.74, 6) is -8.10. The third kappa shape index (κ3) is 4.57. The summed E-state index contributed by atoms with van der Waals surface area (Å²) in [5.41, 5.74) is -4.44. The molecule has 176 valence electrons. The van der Waals surface area contributed by atoms with Gasteiger partial charge in [0.2, 0.25) is 5.92 Å². The highest BCUT2D eigenvalue weighted by Gasteiger charge is 2.69. The minimum atomic E-state index is -5.05. The third-order valence-electron chi connectivity index (χ3n) is 5.27. The summed E-state index contributed by atoms with van der Waals surface area (Å²) in [4.78, 5) is 16.9. The average molecular weight is 484 g/mol. The van der Waals surface area contributed by atoms with Crippen molar-refractivity contribution in [2.45, 2.75) is 56.3 Å². The molecule has 1 aliphatic rings. The molecule has 1 aliphatic carbocycles. The predicted molar refractivity (Wildman–Crippen MR) is 103 cm³/mol. The van der Waals surface area contributed by atoms with Gasteiger partial charge in [0.1, 0.15) is 11.4 Å². The number of halogens is 7. The minimum absolute atomic E-state index is 0.229. The van der Waals surface area contributed by atoms with Gasteiger partial charge in [-0.15, -0.1) is 11.8 Å². The molecule has 0 aromatic carbocycles. The predicted octanol–water partition coefficient (Wildman–Crippen LogP) is 5.65. The minimum Gasteiger partial charge on any atom is -0.321 e.